The Kier molecular flexibility index (Phi) is 3.65. The first-order valence-electron chi connectivity index (χ1n) is 6.23. The Morgan fingerprint density at radius 3 is 2.33 bits per heavy atom. The molecule has 0 aromatic heterocycles. The van der Waals surface area contributed by atoms with E-state index >= 15 is 0 Å². The molecule has 1 fully saturated rings. The maximum atomic E-state index is 13.3. The zero-order valence-corrected chi connectivity index (χ0v) is 11.2. The predicted molar refractivity (Wildman–Crippen MR) is 70.3 cm³/mol. The van der Waals surface area contributed by atoms with E-state index < -0.39 is 5.92 Å². The van der Waals surface area contributed by atoms with E-state index in [4.69, 9.17) is 17.3 Å². The topological polar surface area (TPSA) is 26.0 Å². The fourth-order valence-corrected chi connectivity index (χ4v) is 3.13. The second-order valence-electron chi connectivity index (χ2n) is 5.30. The van der Waals surface area contributed by atoms with E-state index in [1.807, 2.05) is 25.1 Å². The summed E-state index contributed by atoms with van der Waals surface area (Å²) < 4.78 is 26.6. The zero-order chi connectivity index (χ0) is 13.4. The lowest BCUT2D eigenvalue weighted by atomic mass is 9.67. The summed E-state index contributed by atoms with van der Waals surface area (Å²) in [6.07, 6.45) is 0.733. The minimum absolute atomic E-state index is 0.0771. The Morgan fingerprint density at radius 2 is 1.83 bits per heavy atom. The molecule has 0 atom stereocenters. The van der Waals surface area contributed by atoms with Crippen molar-refractivity contribution in [2.24, 2.45) is 5.73 Å². The van der Waals surface area contributed by atoms with Crippen molar-refractivity contribution in [2.45, 2.75) is 43.9 Å². The quantitative estimate of drug-likeness (QED) is 0.864. The zero-order valence-electron chi connectivity index (χ0n) is 10.5. The summed E-state index contributed by atoms with van der Waals surface area (Å²) in [6.45, 7) is 2.37. The average molecular weight is 274 g/mol. The van der Waals surface area contributed by atoms with Gasteiger partial charge in [0, 0.05) is 29.8 Å². The van der Waals surface area contributed by atoms with Crippen LogP contribution >= 0.6 is 11.6 Å². The predicted octanol–water partition coefficient (Wildman–Crippen LogP) is 4.05. The highest BCUT2D eigenvalue weighted by Gasteiger charge is 2.43. The molecular formula is C14H18ClF2N. The van der Waals surface area contributed by atoms with Crippen LogP contribution in [0.2, 0.25) is 5.02 Å². The van der Waals surface area contributed by atoms with E-state index in [1.54, 1.807) is 0 Å². The highest BCUT2D eigenvalue weighted by Crippen LogP contribution is 2.45. The largest absolute Gasteiger partial charge is 0.330 e. The molecule has 0 unspecified atom stereocenters. The molecule has 0 saturated heterocycles. The van der Waals surface area contributed by atoms with Crippen molar-refractivity contribution < 1.29 is 8.78 Å². The third kappa shape index (κ3) is 2.52. The molecule has 0 spiro atoms. The molecule has 0 aliphatic heterocycles. The standard InChI is InChI=1S/C14H18ClF2N/c1-10-8-11(15)2-3-12(10)13(9-18)4-6-14(16,17)7-5-13/h2-3,8H,4-7,9,18H2,1H3. The van der Waals surface area contributed by atoms with Gasteiger partial charge in [0.15, 0.2) is 0 Å². The van der Waals surface area contributed by atoms with Crippen molar-refractivity contribution in [3.63, 3.8) is 0 Å². The second-order valence-corrected chi connectivity index (χ2v) is 5.74. The Balaban J connectivity index is 2.33. The van der Waals surface area contributed by atoms with Gasteiger partial charge in [-0.05, 0) is 43.0 Å². The maximum Gasteiger partial charge on any atom is 0.248 e. The van der Waals surface area contributed by atoms with E-state index in [0.29, 0.717) is 24.4 Å². The number of aryl methyl sites for hydroxylation is 1. The summed E-state index contributed by atoms with van der Waals surface area (Å²) in [5, 5.41) is 0.671. The lowest BCUT2D eigenvalue weighted by Crippen LogP contribution is -2.42. The number of nitrogens with two attached hydrogens (primary N) is 1. The third-order valence-corrected chi connectivity index (χ3v) is 4.32. The smallest absolute Gasteiger partial charge is 0.248 e. The first-order chi connectivity index (χ1) is 8.38. The van der Waals surface area contributed by atoms with Crippen LogP contribution in [0.5, 0.6) is 0 Å². The number of hydrogen-bond donors (Lipinski definition) is 1. The normalized spacial score (nSPS) is 21.8. The van der Waals surface area contributed by atoms with Gasteiger partial charge in [-0.25, -0.2) is 8.78 Å². The fraction of sp³-hybridized carbons (Fsp3) is 0.571. The van der Waals surface area contributed by atoms with Gasteiger partial charge in [0.1, 0.15) is 0 Å². The summed E-state index contributed by atoms with van der Waals surface area (Å²) in [6, 6.07) is 5.63. The van der Waals surface area contributed by atoms with Crippen molar-refractivity contribution >= 4 is 11.6 Å². The van der Waals surface area contributed by atoms with Gasteiger partial charge in [-0.2, -0.15) is 0 Å². The van der Waals surface area contributed by atoms with Gasteiger partial charge >= 0.3 is 0 Å². The maximum absolute atomic E-state index is 13.3. The number of benzene rings is 1. The van der Waals surface area contributed by atoms with Crippen molar-refractivity contribution in [1.29, 1.82) is 0 Å². The summed E-state index contributed by atoms with van der Waals surface area (Å²) in [7, 11) is 0. The average Bonchev–Trinajstić information content (AvgIpc) is 2.31. The molecule has 1 aromatic rings. The van der Waals surface area contributed by atoms with Crippen molar-refractivity contribution in [3.8, 4) is 0 Å². The molecule has 0 bridgehead atoms. The van der Waals surface area contributed by atoms with E-state index in [0.717, 1.165) is 11.1 Å². The fourth-order valence-electron chi connectivity index (χ4n) is 2.90. The van der Waals surface area contributed by atoms with E-state index in [-0.39, 0.29) is 18.3 Å². The molecule has 4 heteroatoms. The Bertz CT molecular complexity index is 435. The van der Waals surface area contributed by atoms with Gasteiger partial charge in [0.2, 0.25) is 5.92 Å². The van der Waals surface area contributed by atoms with Crippen LogP contribution in [0.4, 0.5) is 8.78 Å². The molecule has 0 amide bonds. The monoisotopic (exact) mass is 273 g/mol. The van der Waals surface area contributed by atoms with E-state index in [1.165, 1.54) is 0 Å². The van der Waals surface area contributed by atoms with Crippen LogP contribution in [0, 0.1) is 6.92 Å². The first kappa shape index (κ1) is 13.8. The summed E-state index contributed by atoms with van der Waals surface area (Å²) in [5.74, 6) is -2.53. The van der Waals surface area contributed by atoms with Crippen LogP contribution < -0.4 is 5.73 Å². The SMILES string of the molecule is Cc1cc(Cl)ccc1C1(CN)CCC(F)(F)CC1. The molecule has 0 heterocycles. The molecule has 100 valence electrons. The van der Waals surface area contributed by atoms with Crippen LogP contribution in [0.3, 0.4) is 0 Å². The van der Waals surface area contributed by atoms with Gasteiger partial charge in [-0.15, -0.1) is 0 Å². The van der Waals surface area contributed by atoms with Crippen molar-refractivity contribution in [2.75, 3.05) is 6.54 Å². The van der Waals surface area contributed by atoms with Gasteiger partial charge < -0.3 is 5.73 Å². The lowest BCUT2D eigenvalue weighted by Gasteiger charge is -2.40. The molecule has 1 aromatic carbocycles. The second kappa shape index (κ2) is 4.78. The molecule has 0 radical (unpaired) electrons. The molecule has 1 saturated carbocycles. The van der Waals surface area contributed by atoms with Crippen LogP contribution in [0.1, 0.15) is 36.8 Å². The highest BCUT2D eigenvalue weighted by atomic mass is 35.5. The minimum atomic E-state index is -2.53. The van der Waals surface area contributed by atoms with Crippen LogP contribution in [0.25, 0.3) is 0 Å². The molecule has 2 N–H and O–H groups in total. The molecular weight excluding hydrogens is 256 g/mol. The number of alkyl halides is 2. The molecule has 2 rings (SSSR count). The summed E-state index contributed by atoms with van der Waals surface area (Å²) >= 11 is 5.94. The Labute approximate surface area is 111 Å². The van der Waals surface area contributed by atoms with E-state index in [2.05, 4.69) is 0 Å². The summed E-state index contributed by atoms with van der Waals surface area (Å²) in [5.41, 5.74) is 7.69. The molecule has 1 aliphatic carbocycles. The molecule has 1 aliphatic rings. The van der Waals surface area contributed by atoms with Crippen LogP contribution in [-0.4, -0.2) is 12.5 Å². The number of rotatable bonds is 2. The van der Waals surface area contributed by atoms with Crippen LogP contribution in [-0.2, 0) is 5.41 Å². The van der Waals surface area contributed by atoms with Gasteiger partial charge in [-0.3, -0.25) is 0 Å². The first-order valence-corrected chi connectivity index (χ1v) is 6.61. The van der Waals surface area contributed by atoms with Crippen LogP contribution in [0.15, 0.2) is 18.2 Å². The van der Waals surface area contributed by atoms with E-state index in [9.17, 15) is 8.78 Å². The van der Waals surface area contributed by atoms with Gasteiger partial charge in [0.25, 0.3) is 0 Å². The third-order valence-electron chi connectivity index (χ3n) is 4.09. The minimum Gasteiger partial charge on any atom is -0.330 e. The van der Waals surface area contributed by atoms with Gasteiger partial charge in [-0.1, -0.05) is 17.7 Å². The summed E-state index contributed by atoms with van der Waals surface area (Å²) in [4.78, 5) is 0. The Morgan fingerprint density at radius 1 is 1.22 bits per heavy atom. The highest BCUT2D eigenvalue weighted by molar-refractivity contribution is 6.30. The molecule has 18 heavy (non-hydrogen) atoms. The lowest BCUT2D eigenvalue weighted by molar-refractivity contribution is -0.0509. The molecule has 1 nitrogen and oxygen atoms in total. The number of halogens is 3. The van der Waals surface area contributed by atoms with Crippen molar-refractivity contribution in [1.82, 2.24) is 0 Å². The van der Waals surface area contributed by atoms with Crippen molar-refractivity contribution in [3.05, 3.63) is 34.3 Å². The Hall–Kier alpha value is -0.670. The number of hydrogen-bond acceptors (Lipinski definition) is 1. The van der Waals surface area contributed by atoms with Gasteiger partial charge in [0.05, 0.1) is 0 Å².